The van der Waals surface area contributed by atoms with Crippen LogP contribution in [0.3, 0.4) is 0 Å². The van der Waals surface area contributed by atoms with E-state index in [1.165, 1.54) is 11.1 Å². The van der Waals surface area contributed by atoms with Gasteiger partial charge in [-0.25, -0.2) is 0 Å². The Morgan fingerprint density at radius 3 is 2.62 bits per heavy atom. The smallest absolute Gasteiger partial charge is 0.0842 e. The maximum Gasteiger partial charge on any atom is 0.0842 e. The molecule has 0 spiro atoms. The Morgan fingerprint density at radius 1 is 1.50 bits per heavy atom. The van der Waals surface area contributed by atoms with Crippen LogP contribution < -0.4 is 5.32 Å². The van der Waals surface area contributed by atoms with Crippen molar-refractivity contribution in [3.63, 3.8) is 0 Å². The lowest BCUT2D eigenvalue weighted by Crippen LogP contribution is -2.41. The average molecular weight is 222 g/mol. The van der Waals surface area contributed by atoms with Gasteiger partial charge in [-0.2, -0.15) is 0 Å². The minimum atomic E-state index is -0.204. The topological polar surface area (TPSA) is 34.1 Å². The van der Waals surface area contributed by atoms with Gasteiger partial charge in [-0.05, 0) is 38.4 Å². The summed E-state index contributed by atoms with van der Waals surface area (Å²) in [6.45, 7) is 6.31. The van der Waals surface area contributed by atoms with Gasteiger partial charge in [-0.15, -0.1) is 0 Å². The lowest BCUT2D eigenvalue weighted by atomic mass is 9.88. The highest BCUT2D eigenvalue weighted by molar-refractivity contribution is 5.22. The van der Waals surface area contributed by atoms with Gasteiger partial charge >= 0.3 is 0 Å². The van der Waals surface area contributed by atoms with Crippen molar-refractivity contribution >= 4 is 0 Å². The zero-order valence-electron chi connectivity index (χ0n) is 10.9. The summed E-state index contributed by atoms with van der Waals surface area (Å²) < 4.78 is 5.64. The molecule has 0 bridgehead atoms. The molecule has 1 rings (SSSR count). The van der Waals surface area contributed by atoms with Crippen LogP contribution in [0.5, 0.6) is 0 Å². The Morgan fingerprint density at radius 2 is 2.19 bits per heavy atom. The molecule has 0 saturated heterocycles. The third-order valence-electron chi connectivity index (χ3n) is 3.30. The highest BCUT2D eigenvalue weighted by Crippen LogP contribution is 2.31. The number of aromatic nitrogens is 1. The number of likely N-dealkylation sites (N-methyl/N-ethyl adjacent to an activating group) is 1. The Kier molecular flexibility index (Phi) is 4.44. The molecule has 1 N–H and O–H groups in total. The summed E-state index contributed by atoms with van der Waals surface area (Å²) in [4.78, 5) is 4.24. The van der Waals surface area contributed by atoms with Gasteiger partial charge in [-0.3, -0.25) is 4.98 Å². The van der Waals surface area contributed by atoms with E-state index in [9.17, 15) is 0 Å². The van der Waals surface area contributed by atoms with Crippen LogP contribution in [-0.2, 0) is 4.74 Å². The molecule has 1 aromatic heterocycles. The Bertz CT molecular complexity index is 334. The van der Waals surface area contributed by atoms with Crippen molar-refractivity contribution in [2.45, 2.75) is 38.8 Å². The van der Waals surface area contributed by atoms with E-state index in [1.54, 1.807) is 7.11 Å². The monoisotopic (exact) mass is 222 g/mol. The zero-order valence-corrected chi connectivity index (χ0v) is 10.9. The molecule has 0 fully saturated rings. The molecular weight excluding hydrogens is 200 g/mol. The number of pyridine rings is 1. The van der Waals surface area contributed by atoms with E-state index in [0.29, 0.717) is 0 Å². The number of nitrogens with zero attached hydrogens (tertiary/aromatic N) is 1. The molecule has 0 aromatic carbocycles. The molecule has 0 aliphatic rings. The normalized spacial score (nSPS) is 16.8. The maximum atomic E-state index is 5.64. The summed E-state index contributed by atoms with van der Waals surface area (Å²) in [5, 5.41) is 3.32. The third-order valence-corrected chi connectivity index (χ3v) is 3.30. The van der Waals surface area contributed by atoms with Crippen molar-refractivity contribution < 1.29 is 4.74 Å². The van der Waals surface area contributed by atoms with Crippen molar-refractivity contribution in [1.82, 2.24) is 10.3 Å². The number of ether oxygens (including phenoxy) is 1. The van der Waals surface area contributed by atoms with Gasteiger partial charge in [0.15, 0.2) is 0 Å². The van der Waals surface area contributed by atoms with Gasteiger partial charge in [-0.1, -0.05) is 13.0 Å². The molecule has 0 saturated carbocycles. The summed E-state index contributed by atoms with van der Waals surface area (Å²) in [5.41, 5.74) is 2.14. The van der Waals surface area contributed by atoms with E-state index >= 15 is 0 Å². The molecule has 1 heterocycles. The molecular formula is C13H22N2O. The molecule has 16 heavy (non-hydrogen) atoms. The molecule has 0 aliphatic carbocycles. The molecule has 2 unspecified atom stereocenters. The Hall–Kier alpha value is -0.930. The third kappa shape index (κ3) is 2.60. The van der Waals surface area contributed by atoms with Gasteiger partial charge < -0.3 is 10.1 Å². The average Bonchev–Trinajstić information content (AvgIpc) is 2.30. The first-order chi connectivity index (χ1) is 7.57. The van der Waals surface area contributed by atoms with Gasteiger partial charge in [0, 0.05) is 19.5 Å². The number of aryl methyl sites for hydroxylation is 1. The molecule has 1 aromatic rings. The largest absolute Gasteiger partial charge is 0.377 e. The maximum absolute atomic E-state index is 5.64. The van der Waals surface area contributed by atoms with Gasteiger partial charge in [0.05, 0.1) is 11.6 Å². The van der Waals surface area contributed by atoms with Crippen molar-refractivity contribution in [3.05, 3.63) is 29.6 Å². The molecule has 0 aliphatic heterocycles. The van der Waals surface area contributed by atoms with Crippen LogP contribution in [0.2, 0.25) is 0 Å². The number of hydrogen-bond acceptors (Lipinski definition) is 3. The standard InChI is InChI=1S/C13H22N2O/c1-6-13(3,16-5)12(14-4)11-7-10(2)8-15-9-11/h7-9,12,14H,6H2,1-5H3. The van der Waals surface area contributed by atoms with E-state index in [1.807, 2.05) is 19.4 Å². The quantitative estimate of drug-likeness (QED) is 0.831. The second-order valence-electron chi connectivity index (χ2n) is 4.39. The van der Waals surface area contributed by atoms with Crippen LogP contribution >= 0.6 is 0 Å². The fourth-order valence-electron chi connectivity index (χ4n) is 2.03. The first-order valence-corrected chi connectivity index (χ1v) is 5.71. The van der Waals surface area contributed by atoms with Crippen LogP contribution in [0.25, 0.3) is 0 Å². The van der Waals surface area contributed by atoms with Gasteiger partial charge in [0.25, 0.3) is 0 Å². The molecule has 0 amide bonds. The first-order valence-electron chi connectivity index (χ1n) is 5.71. The van der Waals surface area contributed by atoms with Crippen LogP contribution in [0.1, 0.15) is 37.4 Å². The minimum absolute atomic E-state index is 0.162. The molecule has 3 heteroatoms. The number of nitrogens with one attached hydrogen (secondary N) is 1. The van der Waals surface area contributed by atoms with E-state index < -0.39 is 0 Å². The Balaban J connectivity index is 3.06. The van der Waals surface area contributed by atoms with E-state index in [0.717, 1.165) is 6.42 Å². The van der Waals surface area contributed by atoms with E-state index in [4.69, 9.17) is 4.74 Å². The molecule has 2 atom stereocenters. The zero-order chi connectivity index (χ0) is 12.2. The Labute approximate surface area is 98.2 Å². The van der Waals surface area contributed by atoms with Crippen LogP contribution in [0.4, 0.5) is 0 Å². The summed E-state index contributed by atoms with van der Waals surface area (Å²) in [7, 11) is 3.72. The lowest BCUT2D eigenvalue weighted by molar-refractivity contribution is -0.0281. The van der Waals surface area contributed by atoms with Crippen LogP contribution in [0, 0.1) is 6.92 Å². The summed E-state index contributed by atoms with van der Waals surface area (Å²) in [6.07, 6.45) is 4.72. The van der Waals surface area contributed by atoms with Crippen molar-refractivity contribution in [1.29, 1.82) is 0 Å². The second kappa shape index (κ2) is 5.41. The van der Waals surface area contributed by atoms with Gasteiger partial charge in [0.2, 0.25) is 0 Å². The highest BCUT2D eigenvalue weighted by Gasteiger charge is 2.32. The number of methoxy groups -OCH3 is 1. The fourth-order valence-corrected chi connectivity index (χ4v) is 2.03. The SMILES string of the molecule is CCC(C)(OC)C(NC)c1cncc(C)c1. The van der Waals surface area contributed by atoms with Crippen LogP contribution in [0.15, 0.2) is 18.5 Å². The van der Waals surface area contributed by atoms with E-state index in [2.05, 4.69) is 37.1 Å². The van der Waals surface area contributed by atoms with Crippen molar-refractivity contribution in [2.75, 3.05) is 14.2 Å². The summed E-state index contributed by atoms with van der Waals surface area (Å²) >= 11 is 0. The molecule has 0 radical (unpaired) electrons. The van der Waals surface area contributed by atoms with Crippen molar-refractivity contribution in [2.24, 2.45) is 0 Å². The fraction of sp³-hybridized carbons (Fsp3) is 0.615. The predicted octanol–water partition coefficient (Wildman–Crippen LogP) is 2.47. The summed E-state index contributed by atoms with van der Waals surface area (Å²) in [5.74, 6) is 0. The van der Waals surface area contributed by atoms with Crippen molar-refractivity contribution in [3.8, 4) is 0 Å². The minimum Gasteiger partial charge on any atom is -0.377 e. The lowest BCUT2D eigenvalue weighted by Gasteiger charge is -2.35. The number of hydrogen-bond donors (Lipinski definition) is 1. The predicted molar refractivity (Wildman–Crippen MR) is 66.5 cm³/mol. The number of rotatable bonds is 5. The molecule has 90 valence electrons. The second-order valence-corrected chi connectivity index (χ2v) is 4.39. The molecule has 3 nitrogen and oxygen atoms in total. The first kappa shape index (κ1) is 13.1. The highest BCUT2D eigenvalue weighted by atomic mass is 16.5. The van der Waals surface area contributed by atoms with Gasteiger partial charge in [0.1, 0.15) is 0 Å². The van der Waals surface area contributed by atoms with E-state index in [-0.39, 0.29) is 11.6 Å². The van der Waals surface area contributed by atoms with Crippen LogP contribution in [-0.4, -0.2) is 24.7 Å². The summed E-state index contributed by atoms with van der Waals surface area (Å²) in [6, 6.07) is 2.32.